The molecule has 0 unspecified atom stereocenters. The normalized spacial score (nSPS) is 29.2. The fourth-order valence-electron chi connectivity index (χ4n) is 5.24. The first-order chi connectivity index (χ1) is 13.2. The molecule has 0 aromatic carbocycles. The van der Waals surface area contributed by atoms with Crippen LogP contribution in [0.3, 0.4) is 0 Å². The third-order valence-electron chi connectivity index (χ3n) is 6.63. The number of ether oxygens (including phenoxy) is 1. The zero-order valence-corrected chi connectivity index (χ0v) is 16.1. The van der Waals surface area contributed by atoms with E-state index in [4.69, 9.17) is 4.74 Å². The summed E-state index contributed by atoms with van der Waals surface area (Å²) in [6, 6.07) is 6.46. The van der Waals surface area contributed by atoms with E-state index in [0.717, 1.165) is 43.8 Å². The molecule has 3 saturated heterocycles. The number of amides is 1. The highest BCUT2D eigenvalue weighted by molar-refractivity contribution is 5.95. The predicted octanol–water partition coefficient (Wildman–Crippen LogP) is 2.50. The Hall–Kier alpha value is -1.92. The molecule has 0 radical (unpaired) electrons. The van der Waals surface area contributed by atoms with E-state index in [1.807, 2.05) is 40.6 Å². The average molecular weight is 368 g/mol. The summed E-state index contributed by atoms with van der Waals surface area (Å²) in [6.45, 7) is 6.67. The van der Waals surface area contributed by atoms with Crippen LogP contribution in [0.25, 0.3) is 5.65 Å². The van der Waals surface area contributed by atoms with Crippen molar-refractivity contribution in [2.24, 2.45) is 0 Å². The Labute approximate surface area is 160 Å². The van der Waals surface area contributed by atoms with Crippen LogP contribution in [0.15, 0.2) is 24.4 Å². The highest BCUT2D eigenvalue weighted by Crippen LogP contribution is 2.37. The molecule has 5 rings (SSSR count). The zero-order chi connectivity index (χ0) is 18.4. The first-order valence-electron chi connectivity index (χ1n) is 10.3. The number of rotatable bonds is 2. The van der Waals surface area contributed by atoms with E-state index in [1.54, 1.807) is 0 Å². The molecule has 27 heavy (non-hydrogen) atoms. The van der Waals surface area contributed by atoms with Gasteiger partial charge in [0.1, 0.15) is 11.3 Å². The van der Waals surface area contributed by atoms with Crippen molar-refractivity contribution in [3.63, 3.8) is 0 Å². The van der Waals surface area contributed by atoms with E-state index < -0.39 is 0 Å². The van der Waals surface area contributed by atoms with Crippen LogP contribution in [-0.4, -0.2) is 69.5 Å². The van der Waals surface area contributed by atoms with Gasteiger partial charge in [-0.15, -0.1) is 0 Å². The van der Waals surface area contributed by atoms with Gasteiger partial charge in [0, 0.05) is 25.4 Å². The largest absolute Gasteiger partial charge is 0.373 e. The summed E-state index contributed by atoms with van der Waals surface area (Å²) in [5, 5.41) is 0. The second-order valence-electron chi connectivity index (χ2n) is 8.37. The number of hydrogen-bond donors (Lipinski definition) is 0. The molecule has 0 aliphatic carbocycles. The van der Waals surface area contributed by atoms with E-state index >= 15 is 0 Å². The number of nitrogens with zero attached hydrogens (tertiary/aromatic N) is 4. The summed E-state index contributed by atoms with van der Waals surface area (Å²) < 4.78 is 8.20. The van der Waals surface area contributed by atoms with E-state index in [9.17, 15) is 4.79 Å². The van der Waals surface area contributed by atoms with Gasteiger partial charge in [-0.05, 0) is 64.3 Å². The molecule has 1 spiro atoms. The van der Waals surface area contributed by atoms with Crippen molar-refractivity contribution in [3.05, 3.63) is 35.8 Å². The second-order valence-corrected chi connectivity index (χ2v) is 8.37. The maximum Gasteiger partial charge on any atom is 0.272 e. The molecule has 6 heteroatoms. The van der Waals surface area contributed by atoms with Crippen LogP contribution in [0.2, 0.25) is 0 Å². The van der Waals surface area contributed by atoms with Crippen molar-refractivity contribution in [2.75, 3.05) is 32.8 Å². The molecule has 1 amide bonds. The smallest absolute Gasteiger partial charge is 0.272 e. The third kappa shape index (κ3) is 2.95. The minimum atomic E-state index is -0.157. The summed E-state index contributed by atoms with van der Waals surface area (Å²) in [4.78, 5) is 22.5. The molecule has 6 nitrogen and oxygen atoms in total. The van der Waals surface area contributed by atoms with Crippen molar-refractivity contribution in [1.29, 1.82) is 0 Å². The molecule has 0 N–H and O–H groups in total. The molecule has 3 aliphatic rings. The predicted molar refractivity (Wildman–Crippen MR) is 103 cm³/mol. The lowest BCUT2D eigenvalue weighted by molar-refractivity contribution is -0.0946. The van der Waals surface area contributed by atoms with Gasteiger partial charge in [0.2, 0.25) is 0 Å². The number of likely N-dealkylation sites (tertiary alicyclic amines) is 2. The number of pyridine rings is 1. The highest BCUT2D eigenvalue weighted by Gasteiger charge is 2.46. The molecule has 2 atom stereocenters. The molecule has 2 aromatic heterocycles. The zero-order valence-electron chi connectivity index (χ0n) is 16.1. The van der Waals surface area contributed by atoms with Crippen LogP contribution < -0.4 is 0 Å². The van der Waals surface area contributed by atoms with E-state index in [1.165, 1.54) is 25.9 Å². The van der Waals surface area contributed by atoms with Crippen molar-refractivity contribution < 1.29 is 9.53 Å². The van der Waals surface area contributed by atoms with Gasteiger partial charge >= 0.3 is 0 Å². The molecule has 3 fully saturated rings. The van der Waals surface area contributed by atoms with Crippen molar-refractivity contribution >= 4 is 11.6 Å². The fourth-order valence-corrected chi connectivity index (χ4v) is 5.24. The first-order valence-corrected chi connectivity index (χ1v) is 10.3. The lowest BCUT2D eigenvalue weighted by atomic mass is 9.89. The Balaban J connectivity index is 1.35. The lowest BCUT2D eigenvalue weighted by Crippen LogP contribution is -2.49. The molecule has 0 bridgehead atoms. The Morgan fingerprint density at radius 3 is 2.96 bits per heavy atom. The molecule has 5 heterocycles. The van der Waals surface area contributed by atoms with Gasteiger partial charge in [0.15, 0.2) is 0 Å². The number of imidazole rings is 1. The van der Waals surface area contributed by atoms with Crippen molar-refractivity contribution in [3.8, 4) is 0 Å². The van der Waals surface area contributed by atoms with Crippen LogP contribution in [-0.2, 0) is 4.74 Å². The van der Waals surface area contributed by atoms with Crippen LogP contribution in [0.1, 0.15) is 48.3 Å². The maximum absolute atomic E-state index is 13.3. The molecule has 144 valence electrons. The van der Waals surface area contributed by atoms with E-state index in [-0.39, 0.29) is 11.5 Å². The SMILES string of the molecule is Cc1nc2ccccn2c1C(=O)N1CC[C@@]2(C[C@H](N3CCCC3)CCO2)C1. The van der Waals surface area contributed by atoms with Gasteiger partial charge in [0.05, 0.1) is 17.8 Å². The quantitative estimate of drug-likeness (QED) is 0.817. The average Bonchev–Trinajstić information content (AvgIpc) is 3.40. The standard InChI is InChI=1S/C21H28N4O2/c1-16-19(25-11-3-2-6-18(25)22-16)20(26)24-12-8-21(15-24)14-17(7-13-27-21)23-9-4-5-10-23/h2-3,6,11,17H,4-5,7-10,12-15H2,1H3/t17-,21-/m1/s1. The van der Waals surface area contributed by atoms with Gasteiger partial charge in [-0.3, -0.25) is 9.20 Å². The summed E-state index contributed by atoms with van der Waals surface area (Å²) >= 11 is 0. The number of carbonyl (C=O) groups is 1. The van der Waals surface area contributed by atoms with Gasteiger partial charge in [-0.1, -0.05) is 6.07 Å². The second kappa shape index (κ2) is 6.60. The van der Waals surface area contributed by atoms with Crippen molar-refractivity contribution in [2.45, 2.75) is 50.7 Å². The van der Waals surface area contributed by atoms with Crippen LogP contribution in [0.5, 0.6) is 0 Å². The minimum absolute atomic E-state index is 0.0787. The topological polar surface area (TPSA) is 50.1 Å². The van der Waals surface area contributed by atoms with Gasteiger partial charge < -0.3 is 14.5 Å². The monoisotopic (exact) mass is 368 g/mol. The number of aromatic nitrogens is 2. The number of aryl methyl sites for hydroxylation is 1. The Morgan fingerprint density at radius 1 is 1.26 bits per heavy atom. The summed E-state index contributed by atoms with van der Waals surface area (Å²) in [6.07, 6.45) is 7.70. The van der Waals surface area contributed by atoms with Gasteiger partial charge in [-0.2, -0.15) is 0 Å². The molecule has 2 aromatic rings. The van der Waals surface area contributed by atoms with E-state index in [0.29, 0.717) is 18.3 Å². The van der Waals surface area contributed by atoms with Gasteiger partial charge in [0.25, 0.3) is 5.91 Å². The van der Waals surface area contributed by atoms with Gasteiger partial charge in [-0.25, -0.2) is 4.98 Å². The third-order valence-corrected chi connectivity index (χ3v) is 6.63. The van der Waals surface area contributed by atoms with Crippen LogP contribution >= 0.6 is 0 Å². The molecule has 3 aliphatic heterocycles. The Bertz CT molecular complexity index is 857. The summed E-state index contributed by atoms with van der Waals surface area (Å²) in [5.41, 5.74) is 2.16. The molecule has 0 saturated carbocycles. The molecular formula is C21H28N4O2. The fraction of sp³-hybridized carbons (Fsp3) is 0.619. The Kier molecular flexibility index (Phi) is 4.20. The number of fused-ring (bicyclic) bond motifs is 1. The van der Waals surface area contributed by atoms with Crippen molar-refractivity contribution in [1.82, 2.24) is 19.2 Å². The lowest BCUT2D eigenvalue weighted by Gasteiger charge is -2.41. The van der Waals surface area contributed by atoms with Crippen LogP contribution in [0, 0.1) is 6.92 Å². The number of hydrogen-bond acceptors (Lipinski definition) is 4. The number of carbonyl (C=O) groups excluding carboxylic acids is 1. The highest BCUT2D eigenvalue weighted by atomic mass is 16.5. The first kappa shape index (κ1) is 17.2. The summed E-state index contributed by atoms with van der Waals surface area (Å²) in [5.74, 6) is 0.0787. The van der Waals surface area contributed by atoms with E-state index in [2.05, 4.69) is 9.88 Å². The van der Waals surface area contributed by atoms with Crippen LogP contribution in [0.4, 0.5) is 0 Å². The Morgan fingerprint density at radius 2 is 2.11 bits per heavy atom. The maximum atomic E-state index is 13.3. The molecular weight excluding hydrogens is 340 g/mol. The minimum Gasteiger partial charge on any atom is -0.373 e. The summed E-state index contributed by atoms with van der Waals surface area (Å²) in [7, 11) is 0.